The van der Waals surface area contributed by atoms with Gasteiger partial charge in [-0.25, -0.2) is 10.5 Å². The van der Waals surface area contributed by atoms with Crippen molar-refractivity contribution in [2.24, 2.45) is 0 Å². The third kappa shape index (κ3) is 2.74. The molecule has 0 saturated heterocycles. The molecule has 0 saturated carbocycles. The number of aromatic nitrogens is 2. The van der Waals surface area contributed by atoms with Gasteiger partial charge < -0.3 is 10.4 Å². The van der Waals surface area contributed by atoms with Gasteiger partial charge in [0.05, 0.1) is 23.2 Å². The summed E-state index contributed by atoms with van der Waals surface area (Å²) in [6.45, 7) is -0.528. The van der Waals surface area contributed by atoms with Gasteiger partial charge >= 0.3 is 0 Å². The smallest absolute Gasteiger partial charge is 0.262 e. The highest BCUT2D eigenvalue weighted by atomic mass is 35.5. The molecule has 0 atom stereocenters. The lowest BCUT2D eigenvalue weighted by molar-refractivity contribution is -0.127. The van der Waals surface area contributed by atoms with Gasteiger partial charge in [-0.05, 0) is 6.07 Å². The third-order valence-electron chi connectivity index (χ3n) is 2.40. The van der Waals surface area contributed by atoms with Crippen LogP contribution in [-0.4, -0.2) is 32.2 Å². The lowest BCUT2D eigenvalue weighted by Gasteiger charge is -2.07. The van der Waals surface area contributed by atoms with E-state index in [1.165, 1.54) is 15.9 Å². The summed E-state index contributed by atoms with van der Waals surface area (Å²) in [4.78, 5) is 15.1. The van der Waals surface area contributed by atoms with E-state index in [9.17, 15) is 9.90 Å². The number of pyridine rings is 1. The molecule has 0 fully saturated rings. The first-order valence-corrected chi connectivity index (χ1v) is 5.96. The van der Waals surface area contributed by atoms with E-state index in [1.807, 2.05) is 0 Å². The van der Waals surface area contributed by atoms with Crippen LogP contribution in [0.5, 0.6) is 0 Å². The maximum atomic E-state index is 11.0. The summed E-state index contributed by atoms with van der Waals surface area (Å²) < 4.78 is 1.53. The summed E-state index contributed by atoms with van der Waals surface area (Å²) >= 11 is 11.9. The number of aliphatic hydroxyl groups excluding tert-OH is 1. The first-order valence-electron chi connectivity index (χ1n) is 5.20. The van der Waals surface area contributed by atoms with Gasteiger partial charge in [0.25, 0.3) is 5.91 Å². The van der Waals surface area contributed by atoms with E-state index in [0.29, 0.717) is 27.2 Å². The van der Waals surface area contributed by atoms with Crippen LogP contribution >= 0.6 is 23.2 Å². The second-order valence-electron chi connectivity index (χ2n) is 3.65. The number of carbonyl (C=O) groups excluding carboxylic acids is 1. The molecule has 9 heteroatoms. The Kier molecular flexibility index (Phi) is 4.11. The van der Waals surface area contributed by atoms with Crippen molar-refractivity contribution in [3.05, 3.63) is 28.0 Å². The minimum Gasteiger partial charge on any atom is -0.390 e. The number of hydrogen-bond acceptors (Lipinski definition) is 5. The summed E-state index contributed by atoms with van der Waals surface area (Å²) in [6, 6.07) is 1.52. The highest BCUT2D eigenvalue weighted by molar-refractivity contribution is 6.36. The van der Waals surface area contributed by atoms with Gasteiger partial charge in [0.1, 0.15) is 11.5 Å². The van der Waals surface area contributed by atoms with Gasteiger partial charge in [-0.15, -0.1) is 0 Å². The van der Waals surface area contributed by atoms with E-state index in [1.54, 1.807) is 6.20 Å². The van der Waals surface area contributed by atoms with Crippen LogP contribution in [0.4, 0.5) is 5.82 Å². The lowest BCUT2D eigenvalue weighted by Crippen LogP contribution is -2.27. The molecule has 0 spiro atoms. The van der Waals surface area contributed by atoms with Crippen molar-refractivity contribution in [1.29, 1.82) is 0 Å². The normalized spacial score (nSPS) is 10.7. The van der Waals surface area contributed by atoms with Gasteiger partial charge in [-0.2, -0.15) is 0 Å². The van der Waals surface area contributed by atoms with E-state index in [2.05, 4.69) is 10.3 Å². The molecule has 7 nitrogen and oxygen atoms in total. The number of nitrogens with one attached hydrogen (secondary N) is 2. The zero-order valence-electron chi connectivity index (χ0n) is 9.52. The van der Waals surface area contributed by atoms with Gasteiger partial charge in [0.2, 0.25) is 0 Å². The summed E-state index contributed by atoms with van der Waals surface area (Å²) in [7, 11) is 0. The van der Waals surface area contributed by atoms with Gasteiger partial charge in [0, 0.05) is 6.20 Å². The predicted octanol–water partition coefficient (Wildman–Crippen LogP) is 1.05. The topological polar surface area (TPSA) is 98.9 Å². The first kappa shape index (κ1) is 13.9. The number of hydrogen-bond donors (Lipinski definition) is 4. The zero-order chi connectivity index (χ0) is 14.0. The molecule has 0 aliphatic rings. The third-order valence-corrected chi connectivity index (χ3v) is 2.89. The van der Waals surface area contributed by atoms with Gasteiger partial charge in [-0.3, -0.25) is 14.4 Å². The number of imidazole rings is 1. The molecule has 2 heterocycles. The lowest BCUT2D eigenvalue weighted by atomic mass is 10.4. The first-order chi connectivity index (χ1) is 9.06. The average molecular weight is 305 g/mol. The fraction of sp³-hybridized carbons (Fsp3) is 0.200. The Balaban J connectivity index is 2.47. The number of carbonyl (C=O) groups is 1. The van der Waals surface area contributed by atoms with Crippen LogP contribution < -0.4 is 10.8 Å². The van der Waals surface area contributed by atoms with Crippen molar-refractivity contribution >= 4 is 40.6 Å². The number of rotatable bonds is 4. The highest BCUT2D eigenvalue weighted by Gasteiger charge is 2.15. The minimum atomic E-state index is -0.632. The number of nitrogens with zero attached hydrogens (tertiary/aromatic N) is 2. The van der Waals surface area contributed by atoms with E-state index in [0.717, 1.165) is 0 Å². The van der Waals surface area contributed by atoms with Gasteiger partial charge in [-0.1, -0.05) is 23.2 Å². The quantitative estimate of drug-likeness (QED) is 0.500. The molecule has 0 bridgehead atoms. The van der Waals surface area contributed by atoms with Crippen molar-refractivity contribution in [1.82, 2.24) is 14.9 Å². The Morgan fingerprint density at radius 1 is 1.47 bits per heavy atom. The molecule has 1 amide bonds. The van der Waals surface area contributed by atoms with Crippen LogP contribution in [0.25, 0.3) is 5.65 Å². The Labute approximate surface area is 117 Å². The Bertz CT molecular complexity index is 629. The molecule has 2 aromatic rings. The molecule has 0 aliphatic carbocycles. The molecule has 19 heavy (non-hydrogen) atoms. The molecule has 0 aromatic carbocycles. The van der Waals surface area contributed by atoms with Crippen molar-refractivity contribution in [3.8, 4) is 0 Å². The summed E-state index contributed by atoms with van der Waals surface area (Å²) in [5, 5.41) is 21.1. The Hall–Kier alpha value is -1.54. The molecule has 0 unspecified atom stereocenters. The fourth-order valence-corrected chi connectivity index (χ4v) is 2.13. The second kappa shape index (κ2) is 5.62. The van der Waals surface area contributed by atoms with Crippen molar-refractivity contribution in [3.63, 3.8) is 0 Å². The molecule has 2 aromatic heterocycles. The van der Waals surface area contributed by atoms with E-state index in [4.69, 9.17) is 28.4 Å². The average Bonchev–Trinajstić information content (AvgIpc) is 2.74. The van der Waals surface area contributed by atoms with Gasteiger partial charge in [0.15, 0.2) is 5.65 Å². The minimum absolute atomic E-state index is 0.193. The molecule has 0 radical (unpaired) electrons. The van der Waals surface area contributed by atoms with Crippen LogP contribution in [0.15, 0.2) is 12.3 Å². The number of halogens is 2. The number of hydroxylamine groups is 1. The number of aliphatic hydroxyl groups is 1. The Morgan fingerprint density at radius 2 is 2.21 bits per heavy atom. The van der Waals surface area contributed by atoms with Crippen LogP contribution in [0.3, 0.4) is 0 Å². The molecule has 0 aliphatic heterocycles. The molecular weight excluding hydrogens is 295 g/mol. The van der Waals surface area contributed by atoms with Crippen LogP contribution in [0.2, 0.25) is 10.0 Å². The van der Waals surface area contributed by atoms with E-state index in [-0.39, 0.29) is 13.2 Å². The largest absolute Gasteiger partial charge is 0.390 e. The van der Waals surface area contributed by atoms with E-state index >= 15 is 0 Å². The second-order valence-corrected chi connectivity index (χ2v) is 4.50. The standard InChI is InChI=1S/C10H10Cl2N4O3/c11-5-1-6(12)9-14-7(4-17)10(16(9)3-5)13-2-8(18)15-19/h1,3,13,17,19H,2,4H2,(H,15,18). The van der Waals surface area contributed by atoms with Crippen LogP contribution in [0, 0.1) is 0 Å². The Morgan fingerprint density at radius 3 is 2.84 bits per heavy atom. The van der Waals surface area contributed by atoms with Crippen molar-refractivity contribution < 1.29 is 15.1 Å². The molecule has 2 rings (SSSR count). The van der Waals surface area contributed by atoms with E-state index < -0.39 is 5.91 Å². The molecular formula is C10H10Cl2N4O3. The summed E-state index contributed by atoms with van der Waals surface area (Å²) in [6.07, 6.45) is 1.55. The number of fused-ring (bicyclic) bond motifs is 1. The van der Waals surface area contributed by atoms with Crippen LogP contribution in [0.1, 0.15) is 5.69 Å². The number of amides is 1. The highest BCUT2D eigenvalue weighted by Crippen LogP contribution is 2.27. The monoisotopic (exact) mass is 304 g/mol. The van der Waals surface area contributed by atoms with Crippen molar-refractivity contribution in [2.75, 3.05) is 11.9 Å². The zero-order valence-corrected chi connectivity index (χ0v) is 11.0. The SMILES string of the molecule is O=C(CNc1c(CO)nc2c(Cl)cc(Cl)cn12)NO. The summed E-state index contributed by atoms with van der Waals surface area (Å²) in [5.41, 5.74) is 2.21. The van der Waals surface area contributed by atoms with Crippen LogP contribution in [-0.2, 0) is 11.4 Å². The number of anilines is 1. The molecule has 102 valence electrons. The maximum absolute atomic E-state index is 11.0. The molecule has 4 N–H and O–H groups in total. The summed E-state index contributed by atoms with van der Waals surface area (Å²) in [5.74, 6) is -0.252. The fourth-order valence-electron chi connectivity index (χ4n) is 1.62. The van der Waals surface area contributed by atoms with Crippen molar-refractivity contribution in [2.45, 2.75) is 6.61 Å². The maximum Gasteiger partial charge on any atom is 0.262 e. The predicted molar refractivity (Wildman–Crippen MR) is 69.6 cm³/mol.